The highest BCUT2D eigenvalue weighted by atomic mass is 35.5. The molecule has 29 heavy (non-hydrogen) atoms. The highest BCUT2D eigenvalue weighted by molar-refractivity contribution is 6.31. The van der Waals surface area contributed by atoms with E-state index in [1.165, 1.54) is 19.4 Å². The van der Waals surface area contributed by atoms with Crippen molar-refractivity contribution in [3.05, 3.63) is 51.4 Å². The molecule has 7 nitrogen and oxygen atoms in total. The van der Waals surface area contributed by atoms with Crippen molar-refractivity contribution in [1.29, 1.82) is 5.26 Å². The summed E-state index contributed by atoms with van der Waals surface area (Å²) in [6.07, 6.45) is 1.45. The van der Waals surface area contributed by atoms with Gasteiger partial charge in [0.15, 0.2) is 0 Å². The number of hydrogen-bond donors (Lipinski definition) is 1. The maximum atomic E-state index is 12.8. The third-order valence-corrected chi connectivity index (χ3v) is 4.44. The third kappa shape index (κ3) is 5.59. The van der Waals surface area contributed by atoms with Crippen LogP contribution in [0.25, 0.3) is 11.1 Å². The summed E-state index contributed by atoms with van der Waals surface area (Å²) in [5.41, 5.74) is 0.161. The monoisotopic (exact) mass is 418 g/mol. The van der Waals surface area contributed by atoms with E-state index in [-0.39, 0.29) is 18.8 Å². The molecule has 0 spiro atoms. The molecular formula is C21H23ClN2O5. The molecule has 2 aromatic rings. The molecule has 1 atom stereocenters. The number of pyridine rings is 1. The number of ether oxygens (including phenoxy) is 2. The molecule has 154 valence electrons. The average Bonchev–Trinajstić information content (AvgIpc) is 2.64. The van der Waals surface area contributed by atoms with Gasteiger partial charge in [-0.15, -0.1) is 0 Å². The summed E-state index contributed by atoms with van der Waals surface area (Å²) in [5, 5.41) is 19.4. The van der Waals surface area contributed by atoms with Crippen LogP contribution >= 0.6 is 11.6 Å². The van der Waals surface area contributed by atoms with Crippen LogP contribution < -0.4 is 10.3 Å². The van der Waals surface area contributed by atoms with Gasteiger partial charge in [0.1, 0.15) is 11.8 Å². The van der Waals surface area contributed by atoms with E-state index in [1.807, 2.05) is 20.8 Å². The largest absolute Gasteiger partial charge is 0.495 e. The van der Waals surface area contributed by atoms with Gasteiger partial charge in [-0.2, -0.15) is 5.26 Å². The van der Waals surface area contributed by atoms with Crippen LogP contribution in [-0.4, -0.2) is 35.0 Å². The highest BCUT2D eigenvalue weighted by Crippen LogP contribution is 2.33. The van der Waals surface area contributed by atoms with Gasteiger partial charge in [-0.05, 0) is 39.0 Å². The molecule has 1 aromatic heterocycles. The number of aliphatic carboxylic acids is 1. The highest BCUT2D eigenvalue weighted by Gasteiger charge is 2.24. The lowest BCUT2D eigenvalue weighted by molar-refractivity contribution is -0.142. The zero-order valence-corrected chi connectivity index (χ0v) is 17.5. The topological polar surface area (TPSA) is 102 Å². The second kappa shape index (κ2) is 9.12. The van der Waals surface area contributed by atoms with Gasteiger partial charge in [0.25, 0.3) is 5.56 Å². The van der Waals surface area contributed by atoms with Crippen molar-refractivity contribution < 1.29 is 19.4 Å². The van der Waals surface area contributed by atoms with Gasteiger partial charge in [-0.1, -0.05) is 11.6 Å². The lowest BCUT2D eigenvalue weighted by Gasteiger charge is -2.22. The number of nitrogens with zero attached hydrogens (tertiary/aromatic N) is 2. The van der Waals surface area contributed by atoms with Crippen LogP contribution in [0.1, 0.15) is 38.8 Å². The van der Waals surface area contributed by atoms with Crippen LogP contribution in [-0.2, 0) is 9.53 Å². The van der Waals surface area contributed by atoms with Crippen LogP contribution in [0.2, 0.25) is 5.02 Å². The Balaban J connectivity index is 2.51. The number of rotatable bonds is 7. The van der Waals surface area contributed by atoms with E-state index in [2.05, 4.69) is 6.07 Å². The number of carboxylic acids is 1. The van der Waals surface area contributed by atoms with E-state index in [0.29, 0.717) is 21.7 Å². The molecule has 0 aliphatic heterocycles. The van der Waals surface area contributed by atoms with Gasteiger partial charge < -0.3 is 14.6 Å². The van der Waals surface area contributed by atoms with Crippen LogP contribution in [0.3, 0.4) is 0 Å². The molecule has 0 saturated heterocycles. The van der Waals surface area contributed by atoms with Crippen LogP contribution in [0, 0.1) is 11.3 Å². The number of carboxylic acid groups (broad SMARTS) is 1. The standard InChI is InChI=1S/C21H23ClN2O5/c1-21(2,3)29-8-7-17(20(26)27)24-12-18(28-4)16(10-19(24)25)15-9-14(22)6-5-13(15)11-23/h5-6,9-10,12,17H,7-8H2,1-4H3,(H,26,27). The first-order valence-corrected chi connectivity index (χ1v) is 9.32. The molecule has 1 unspecified atom stereocenters. The van der Waals surface area contributed by atoms with Gasteiger partial charge in [0, 0.05) is 35.2 Å². The average molecular weight is 419 g/mol. The zero-order chi connectivity index (χ0) is 21.8. The summed E-state index contributed by atoms with van der Waals surface area (Å²) in [4.78, 5) is 24.6. The van der Waals surface area contributed by atoms with E-state index in [0.717, 1.165) is 4.57 Å². The summed E-state index contributed by atoms with van der Waals surface area (Å²) < 4.78 is 12.1. The first kappa shape index (κ1) is 22.5. The number of hydrogen-bond acceptors (Lipinski definition) is 5. The van der Waals surface area contributed by atoms with Gasteiger partial charge in [0.2, 0.25) is 0 Å². The number of nitriles is 1. The minimum Gasteiger partial charge on any atom is -0.495 e. The van der Waals surface area contributed by atoms with Crippen molar-refractivity contribution in [2.45, 2.75) is 38.8 Å². The smallest absolute Gasteiger partial charge is 0.326 e. The van der Waals surface area contributed by atoms with Crippen LogP contribution in [0.5, 0.6) is 5.75 Å². The van der Waals surface area contributed by atoms with Crippen molar-refractivity contribution in [3.8, 4) is 22.9 Å². The van der Waals surface area contributed by atoms with Crippen molar-refractivity contribution in [3.63, 3.8) is 0 Å². The Hall–Kier alpha value is -2.82. The minimum absolute atomic E-state index is 0.107. The lowest BCUT2D eigenvalue weighted by Crippen LogP contribution is -2.31. The lowest BCUT2D eigenvalue weighted by atomic mass is 10.00. The fourth-order valence-corrected chi connectivity index (χ4v) is 3.01. The quantitative estimate of drug-likeness (QED) is 0.732. The second-order valence-electron chi connectivity index (χ2n) is 7.41. The second-order valence-corrected chi connectivity index (χ2v) is 7.84. The predicted molar refractivity (Wildman–Crippen MR) is 109 cm³/mol. The van der Waals surface area contributed by atoms with Crippen molar-refractivity contribution in [2.24, 2.45) is 0 Å². The molecule has 0 saturated carbocycles. The fraction of sp³-hybridized carbons (Fsp3) is 0.381. The Kier molecular flexibility index (Phi) is 7.07. The maximum absolute atomic E-state index is 12.8. The van der Waals surface area contributed by atoms with E-state index < -0.39 is 23.2 Å². The Labute approximate surface area is 174 Å². The Morgan fingerprint density at radius 2 is 2.00 bits per heavy atom. The molecule has 0 aliphatic rings. The van der Waals surface area contributed by atoms with Crippen molar-refractivity contribution in [2.75, 3.05) is 13.7 Å². The molecule has 1 heterocycles. The molecule has 2 rings (SSSR count). The van der Waals surface area contributed by atoms with E-state index in [4.69, 9.17) is 21.1 Å². The number of benzene rings is 1. The van der Waals surface area contributed by atoms with Crippen molar-refractivity contribution >= 4 is 17.6 Å². The predicted octanol–water partition coefficient (Wildman–Crippen LogP) is 3.88. The molecule has 0 fully saturated rings. The van der Waals surface area contributed by atoms with Crippen LogP contribution in [0.4, 0.5) is 0 Å². The molecule has 1 N–H and O–H groups in total. The Bertz CT molecular complexity index is 1000. The molecule has 0 aliphatic carbocycles. The molecular weight excluding hydrogens is 396 g/mol. The van der Waals surface area contributed by atoms with Crippen molar-refractivity contribution in [1.82, 2.24) is 4.57 Å². The van der Waals surface area contributed by atoms with Gasteiger partial charge in [0.05, 0.1) is 30.5 Å². The Morgan fingerprint density at radius 3 is 2.55 bits per heavy atom. The molecule has 0 amide bonds. The summed E-state index contributed by atoms with van der Waals surface area (Å²) in [6, 6.07) is 6.88. The van der Waals surface area contributed by atoms with E-state index in [1.54, 1.807) is 18.2 Å². The van der Waals surface area contributed by atoms with Crippen LogP contribution in [0.15, 0.2) is 35.3 Å². The number of carbonyl (C=O) groups is 1. The number of methoxy groups -OCH3 is 1. The molecule has 1 aromatic carbocycles. The van der Waals surface area contributed by atoms with Gasteiger partial charge >= 0.3 is 5.97 Å². The van der Waals surface area contributed by atoms with Gasteiger partial charge in [-0.3, -0.25) is 9.36 Å². The fourth-order valence-electron chi connectivity index (χ4n) is 2.84. The summed E-state index contributed by atoms with van der Waals surface area (Å²) in [7, 11) is 1.41. The van der Waals surface area contributed by atoms with Gasteiger partial charge in [-0.25, -0.2) is 4.79 Å². The Morgan fingerprint density at radius 1 is 1.31 bits per heavy atom. The number of halogens is 1. The molecule has 0 radical (unpaired) electrons. The van der Waals surface area contributed by atoms with E-state index >= 15 is 0 Å². The first-order chi connectivity index (χ1) is 13.6. The number of aromatic nitrogens is 1. The zero-order valence-electron chi connectivity index (χ0n) is 16.7. The summed E-state index contributed by atoms with van der Waals surface area (Å²) in [6.45, 7) is 5.77. The first-order valence-electron chi connectivity index (χ1n) is 8.94. The third-order valence-electron chi connectivity index (χ3n) is 4.20. The molecule has 0 bridgehead atoms. The maximum Gasteiger partial charge on any atom is 0.326 e. The summed E-state index contributed by atoms with van der Waals surface area (Å²) >= 11 is 6.05. The van der Waals surface area contributed by atoms with E-state index in [9.17, 15) is 20.0 Å². The molecule has 8 heteroatoms. The minimum atomic E-state index is -1.15. The normalized spacial score (nSPS) is 12.3. The summed E-state index contributed by atoms with van der Waals surface area (Å²) in [5.74, 6) is -0.897. The SMILES string of the molecule is COc1cn(C(CCOC(C)(C)C)C(=O)O)c(=O)cc1-c1cc(Cl)ccc1C#N.